The zero-order valence-electron chi connectivity index (χ0n) is 10.3. The molecule has 6 heteroatoms. The quantitative estimate of drug-likeness (QED) is 0.815. The van der Waals surface area contributed by atoms with Gasteiger partial charge in [-0.2, -0.15) is 10.1 Å². The first kappa shape index (κ1) is 12.5. The third kappa shape index (κ3) is 3.51. The zero-order valence-corrected chi connectivity index (χ0v) is 11.1. The van der Waals surface area contributed by atoms with Crippen molar-refractivity contribution in [3.8, 4) is 0 Å². The topological polar surface area (TPSA) is 45.2 Å². The molecule has 2 heterocycles. The van der Waals surface area contributed by atoms with Gasteiger partial charge in [-0.25, -0.2) is 0 Å². The van der Waals surface area contributed by atoms with Crippen molar-refractivity contribution < 1.29 is 0 Å². The minimum atomic E-state index is 0.220. The van der Waals surface area contributed by atoms with Crippen LogP contribution in [0.1, 0.15) is 12.8 Å². The molecule has 2 rings (SSSR count). The smallest absolute Gasteiger partial charge is 0.244 e. The number of anilines is 1. The van der Waals surface area contributed by atoms with Crippen LogP contribution >= 0.6 is 11.6 Å². The number of hydrogen-bond acceptors (Lipinski definition) is 5. The first-order valence-corrected chi connectivity index (χ1v) is 6.28. The highest BCUT2D eigenvalue weighted by atomic mass is 35.5. The summed E-state index contributed by atoms with van der Waals surface area (Å²) in [5.74, 6) is 1.62. The number of aromatic nitrogens is 3. The Kier molecular flexibility index (Phi) is 4.12. The van der Waals surface area contributed by atoms with Crippen molar-refractivity contribution in [1.82, 2.24) is 20.1 Å². The SMILES string of the molecule is CN(C)CC1CCN(c2cnnc(Cl)n2)CC1. The van der Waals surface area contributed by atoms with Crippen molar-refractivity contribution in [1.29, 1.82) is 0 Å². The van der Waals surface area contributed by atoms with Gasteiger partial charge in [-0.3, -0.25) is 0 Å². The van der Waals surface area contributed by atoms with Gasteiger partial charge in [-0.05, 0) is 44.5 Å². The Hall–Kier alpha value is -0.940. The van der Waals surface area contributed by atoms with E-state index in [0.717, 1.165) is 31.4 Å². The van der Waals surface area contributed by atoms with E-state index < -0.39 is 0 Å². The summed E-state index contributed by atoms with van der Waals surface area (Å²) in [6.45, 7) is 3.21. The molecule has 0 aliphatic carbocycles. The van der Waals surface area contributed by atoms with Gasteiger partial charge in [0.2, 0.25) is 5.28 Å². The highest BCUT2D eigenvalue weighted by molar-refractivity contribution is 6.28. The summed E-state index contributed by atoms with van der Waals surface area (Å²) in [6, 6.07) is 0. The fourth-order valence-electron chi connectivity index (χ4n) is 2.29. The number of rotatable bonds is 3. The van der Waals surface area contributed by atoms with Crippen molar-refractivity contribution in [2.45, 2.75) is 12.8 Å². The lowest BCUT2D eigenvalue weighted by molar-refractivity contribution is 0.284. The second-order valence-corrected chi connectivity index (χ2v) is 5.11. The molecule has 17 heavy (non-hydrogen) atoms. The Balaban J connectivity index is 1.91. The molecule has 0 N–H and O–H groups in total. The minimum Gasteiger partial charge on any atom is -0.355 e. The molecule has 1 aliphatic rings. The molecular formula is C11H18ClN5. The summed E-state index contributed by atoms with van der Waals surface area (Å²) in [6.07, 6.45) is 4.07. The van der Waals surface area contributed by atoms with Crippen LogP contribution < -0.4 is 4.90 Å². The molecule has 1 aromatic rings. The zero-order chi connectivity index (χ0) is 12.3. The Morgan fingerprint density at radius 1 is 1.41 bits per heavy atom. The predicted octanol–water partition coefficient (Wildman–Crippen LogP) is 1.30. The van der Waals surface area contributed by atoms with E-state index >= 15 is 0 Å². The fourth-order valence-corrected chi connectivity index (χ4v) is 2.42. The van der Waals surface area contributed by atoms with Crippen molar-refractivity contribution in [2.24, 2.45) is 5.92 Å². The lowest BCUT2D eigenvalue weighted by atomic mass is 9.96. The van der Waals surface area contributed by atoms with E-state index in [1.54, 1.807) is 6.20 Å². The van der Waals surface area contributed by atoms with E-state index in [-0.39, 0.29) is 5.28 Å². The maximum Gasteiger partial charge on any atom is 0.244 e. The van der Waals surface area contributed by atoms with Gasteiger partial charge >= 0.3 is 0 Å². The normalized spacial score (nSPS) is 17.8. The molecule has 0 radical (unpaired) electrons. The molecule has 1 aliphatic heterocycles. The van der Waals surface area contributed by atoms with E-state index in [0.29, 0.717) is 0 Å². The molecule has 0 aromatic carbocycles. The summed E-state index contributed by atoms with van der Waals surface area (Å²) in [4.78, 5) is 8.67. The Morgan fingerprint density at radius 3 is 2.71 bits per heavy atom. The molecule has 0 saturated carbocycles. The number of halogens is 1. The maximum atomic E-state index is 5.74. The van der Waals surface area contributed by atoms with Crippen LogP contribution in [0.5, 0.6) is 0 Å². The molecule has 0 spiro atoms. The third-order valence-corrected chi connectivity index (χ3v) is 3.24. The summed E-state index contributed by atoms with van der Waals surface area (Å²) in [5.41, 5.74) is 0. The number of piperidine rings is 1. The van der Waals surface area contributed by atoms with Gasteiger partial charge in [0.15, 0.2) is 5.82 Å². The van der Waals surface area contributed by atoms with Gasteiger partial charge in [0, 0.05) is 19.6 Å². The van der Waals surface area contributed by atoms with Crippen LogP contribution in [0.15, 0.2) is 6.20 Å². The molecule has 0 amide bonds. The Bertz CT molecular complexity index is 363. The van der Waals surface area contributed by atoms with Gasteiger partial charge < -0.3 is 9.80 Å². The first-order valence-electron chi connectivity index (χ1n) is 5.90. The predicted molar refractivity (Wildman–Crippen MR) is 68.3 cm³/mol. The molecule has 1 aromatic heterocycles. The Labute approximate surface area is 107 Å². The van der Waals surface area contributed by atoms with Crippen molar-refractivity contribution in [3.63, 3.8) is 0 Å². The average Bonchev–Trinajstić information content (AvgIpc) is 2.29. The third-order valence-electron chi connectivity index (χ3n) is 3.08. The van der Waals surface area contributed by atoms with Crippen LogP contribution in [0.25, 0.3) is 0 Å². The van der Waals surface area contributed by atoms with E-state index in [1.165, 1.54) is 12.8 Å². The minimum absolute atomic E-state index is 0.220. The molecule has 0 bridgehead atoms. The van der Waals surface area contributed by atoms with Crippen LogP contribution in [0, 0.1) is 5.92 Å². The van der Waals surface area contributed by atoms with E-state index in [2.05, 4.69) is 39.1 Å². The van der Waals surface area contributed by atoms with E-state index in [9.17, 15) is 0 Å². The van der Waals surface area contributed by atoms with Gasteiger partial charge in [0.05, 0.1) is 6.20 Å². The van der Waals surface area contributed by atoms with Crippen LogP contribution in [-0.4, -0.2) is 53.8 Å². The number of nitrogens with zero attached hydrogens (tertiary/aromatic N) is 5. The van der Waals surface area contributed by atoms with Gasteiger partial charge in [0.25, 0.3) is 0 Å². The highest BCUT2D eigenvalue weighted by Crippen LogP contribution is 2.21. The lowest BCUT2D eigenvalue weighted by Crippen LogP contribution is -2.37. The van der Waals surface area contributed by atoms with Crippen molar-refractivity contribution in [3.05, 3.63) is 11.5 Å². The summed E-state index contributed by atoms with van der Waals surface area (Å²) in [7, 11) is 4.25. The molecule has 1 saturated heterocycles. The summed E-state index contributed by atoms with van der Waals surface area (Å²) >= 11 is 5.74. The maximum absolute atomic E-state index is 5.74. The molecular weight excluding hydrogens is 238 g/mol. The Morgan fingerprint density at radius 2 is 2.12 bits per heavy atom. The van der Waals surface area contributed by atoms with Crippen molar-refractivity contribution >= 4 is 17.4 Å². The van der Waals surface area contributed by atoms with Gasteiger partial charge in [-0.15, -0.1) is 5.10 Å². The largest absolute Gasteiger partial charge is 0.355 e. The van der Waals surface area contributed by atoms with Crippen LogP contribution in [0.2, 0.25) is 5.28 Å². The molecule has 1 fully saturated rings. The molecule has 0 unspecified atom stereocenters. The van der Waals surface area contributed by atoms with E-state index in [1.807, 2.05) is 0 Å². The van der Waals surface area contributed by atoms with E-state index in [4.69, 9.17) is 11.6 Å². The highest BCUT2D eigenvalue weighted by Gasteiger charge is 2.20. The van der Waals surface area contributed by atoms with Gasteiger partial charge in [-0.1, -0.05) is 0 Å². The molecule has 0 atom stereocenters. The average molecular weight is 256 g/mol. The summed E-state index contributed by atoms with van der Waals surface area (Å²) < 4.78 is 0. The fraction of sp³-hybridized carbons (Fsp3) is 0.727. The number of hydrogen-bond donors (Lipinski definition) is 0. The molecule has 5 nitrogen and oxygen atoms in total. The second-order valence-electron chi connectivity index (χ2n) is 4.78. The summed E-state index contributed by atoms with van der Waals surface area (Å²) in [5, 5.41) is 7.71. The molecule has 94 valence electrons. The first-order chi connectivity index (χ1) is 8.15. The second kappa shape index (κ2) is 5.60. The van der Waals surface area contributed by atoms with Gasteiger partial charge in [0.1, 0.15) is 0 Å². The monoisotopic (exact) mass is 255 g/mol. The van der Waals surface area contributed by atoms with Crippen molar-refractivity contribution in [2.75, 3.05) is 38.6 Å². The van der Waals surface area contributed by atoms with Crippen LogP contribution in [-0.2, 0) is 0 Å². The standard InChI is InChI=1S/C11H18ClN5/c1-16(2)8-9-3-5-17(6-4-9)10-7-13-15-11(12)14-10/h7,9H,3-6,8H2,1-2H3. The lowest BCUT2D eigenvalue weighted by Gasteiger charge is -2.33. The van der Waals surface area contributed by atoms with Crippen LogP contribution in [0.3, 0.4) is 0 Å². The van der Waals surface area contributed by atoms with Crippen LogP contribution in [0.4, 0.5) is 5.82 Å².